The van der Waals surface area contributed by atoms with Gasteiger partial charge in [0.05, 0.1) is 7.11 Å². The van der Waals surface area contributed by atoms with E-state index in [4.69, 9.17) is 15.2 Å². The highest BCUT2D eigenvalue weighted by Gasteiger charge is 2.07. The molecule has 0 saturated heterocycles. The van der Waals surface area contributed by atoms with Gasteiger partial charge in [0.15, 0.2) is 12.4 Å². The monoisotopic (exact) mass is 377 g/mol. The minimum Gasteiger partial charge on any atom is -0.497 e. The van der Waals surface area contributed by atoms with Crippen LogP contribution in [-0.2, 0) is 16.1 Å². The third-order valence-corrected chi connectivity index (χ3v) is 3.60. The van der Waals surface area contributed by atoms with E-state index in [0.29, 0.717) is 0 Å². The highest BCUT2D eigenvalue weighted by Crippen LogP contribution is 2.14. The Morgan fingerprint density at radius 2 is 1.82 bits per heavy atom. The summed E-state index contributed by atoms with van der Waals surface area (Å²) < 4.78 is 10.3. The van der Waals surface area contributed by atoms with Crippen LogP contribution in [-0.4, -0.2) is 28.0 Å². The largest absolute Gasteiger partial charge is 0.497 e. The van der Waals surface area contributed by atoms with Gasteiger partial charge in [-0.1, -0.05) is 30.3 Å². The molecule has 2 aromatic carbocycles. The van der Waals surface area contributed by atoms with Gasteiger partial charge in [-0.3, -0.25) is 0 Å². The first-order chi connectivity index (χ1) is 13.6. The number of methoxy groups -OCH3 is 1. The lowest BCUT2D eigenvalue weighted by Crippen LogP contribution is -2.10. The van der Waals surface area contributed by atoms with Gasteiger partial charge < -0.3 is 20.5 Å². The first-order valence-corrected chi connectivity index (χ1v) is 8.44. The number of nitrogens with zero attached hydrogens (tertiary/aromatic N) is 3. The van der Waals surface area contributed by atoms with Gasteiger partial charge in [-0.25, -0.2) is 4.79 Å². The number of rotatable bonds is 7. The first-order valence-electron chi connectivity index (χ1n) is 8.44. The number of nitrogens with one attached hydrogen (secondary N) is 1. The lowest BCUT2D eigenvalue weighted by molar-refractivity contribution is -0.139. The fourth-order valence-electron chi connectivity index (χ4n) is 2.27. The van der Waals surface area contributed by atoms with Gasteiger partial charge in [-0.2, -0.15) is 15.0 Å². The molecule has 1 aromatic heterocycles. The van der Waals surface area contributed by atoms with E-state index in [-0.39, 0.29) is 24.3 Å². The molecular formula is C20H19N5O3. The Balaban J connectivity index is 1.58. The van der Waals surface area contributed by atoms with Gasteiger partial charge >= 0.3 is 5.97 Å². The topological polar surface area (TPSA) is 112 Å². The smallest absolute Gasteiger partial charge is 0.331 e. The Labute approximate surface area is 162 Å². The Morgan fingerprint density at radius 3 is 2.54 bits per heavy atom. The number of carbonyl (C=O) groups excluding carboxylic acids is 1. The first kappa shape index (κ1) is 18.8. The molecule has 0 fully saturated rings. The van der Waals surface area contributed by atoms with Crippen molar-refractivity contribution in [3.8, 4) is 5.75 Å². The third-order valence-electron chi connectivity index (χ3n) is 3.60. The number of hydrogen-bond acceptors (Lipinski definition) is 8. The molecule has 0 unspecified atom stereocenters. The van der Waals surface area contributed by atoms with Crippen molar-refractivity contribution in [2.75, 3.05) is 18.2 Å². The zero-order valence-corrected chi connectivity index (χ0v) is 15.2. The number of benzene rings is 2. The van der Waals surface area contributed by atoms with E-state index in [2.05, 4.69) is 20.3 Å². The van der Waals surface area contributed by atoms with E-state index in [0.717, 1.165) is 17.0 Å². The van der Waals surface area contributed by atoms with E-state index in [9.17, 15) is 4.79 Å². The molecular weight excluding hydrogens is 358 g/mol. The summed E-state index contributed by atoms with van der Waals surface area (Å²) in [5.74, 6) is 0.781. The number of nitrogens with two attached hydrogens (primary N) is 1. The number of hydrogen-bond donors (Lipinski definition) is 2. The summed E-state index contributed by atoms with van der Waals surface area (Å²) in [6.45, 7) is -0.123. The predicted octanol–water partition coefficient (Wildman–Crippen LogP) is 2.96. The summed E-state index contributed by atoms with van der Waals surface area (Å²) in [4.78, 5) is 24.1. The molecule has 142 valence electrons. The molecule has 0 amide bonds. The average Bonchev–Trinajstić information content (AvgIpc) is 2.71. The van der Waals surface area contributed by atoms with Gasteiger partial charge in [-0.15, -0.1) is 0 Å². The molecule has 0 bridgehead atoms. The Morgan fingerprint density at radius 1 is 1.07 bits per heavy atom. The number of esters is 1. The molecule has 3 rings (SSSR count). The van der Waals surface area contributed by atoms with Crippen LogP contribution in [0.2, 0.25) is 0 Å². The summed E-state index contributed by atoms with van der Waals surface area (Å²) in [5, 5.41) is 3.02. The van der Waals surface area contributed by atoms with Gasteiger partial charge in [-0.05, 0) is 35.9 Å². The van der Waals surface area contributed by atoms with E-state index < -0.39 is 5.97 Å². The summed E-state index contributed by atoms with van der Waals surface area (Å²) >= 11 is 0. The van der Waals surface area contributed by atoms with Gasteiger partial charge in [0.25, 0.3) is 0 Å². The number of aromatic nitrogens is 3. The van der Waals surface area contributed by atoms with E-state index >= 15 is 0 Å². The molecule has 8 nitrogen and oxygen atoms in total. The molecule has 0 spiro atoms. The molecule has 0 radical (unpaired) electrons. The van der Waals surface area contributed by atoms with Crippen molar-refractivity contribution < 1.29 is 14.3 Å². The van der Waals surface area contributed by atoms with Crippen molar-refractivity contribution in [3.05, 3.63) is 72.1 Å². The van der Waals surface area contributed by atoms with E-state index in [1.54, 1.807) is 25.3 Å². The third kappa shape index (κ3) is 5.53. The molecule has 28 heavy (non-hydrogen) atoms. The normalized spacial score (nSPS) is 10.6. The summed E-state index contributed by atoms with van der Waals surface area (Å²) in [6, 6.07) is 16.7. The maximum Gasteiger partial charge on any atom is 0.331 e. The second-order valence-corrected chi connectivity index (χ2v) is 5.64. The maximum atomic E-state index is 11.9. The van der Waals surface area contributed by atoms with Crippen LogP contribution in [0.15, 0.2) is 60.7 Å². The fraction of sp³-hybridized carbons (Fsp3) is 0.100. The molecule has 3 aromatic rings. The van der Waals surface area contributed by atoms with Gasteiger partial charge in [0.2, 0.25) is 11.9 Å². The second kappa shape index (κ2) is 9.13. The van der Waals surface area contributed by atoms with Crippen molar-refractivity contribution >= 4 is 29.6 Å². The molecule has 0 atom stereocenters. The van der Waals surface area contributed by atoms with Crippen molar-refractivity contribution in [1.82, 2.24) is 15.0 Å². The highest BCUT2D eigenvalue weighted by molar-refractivity contribution is 5.87. The van der Waals surface area contributed by atoms with Crippen LogP contribution >= 0.6 is 0 Å². The van der Waals surface area contributed by atoms with Crippen LogP contribution in [0.4, 0.5) is 17.6 Å². The fourth-order valence-corrected chi connectivity index (χ4v) is 2.27. The summed E-state index contributed by atoms with van der Waals surface area (Å²) in [5.41, 5.74) is 7.36. The average molecular weight is 377 g/mol. The number of carbonyl (C=O) groups is 1. The Bertz CT molecular complexity index is 959. The highest BCUT2D eigenvalue weighted by atomic mass is 16.5. The van der Waals surface area contributed by atoms with Crippen LogP contribution in [0.3, 0.4) is 0 Å². The van der Waals surface area contributed by atoms with E-state index in [1.165, 1.54) is 6.08 Å². The van der Waals surface area contributed by atoms with Crippen LogP contribution in [0, 0.1) is 0 Å². The molecule has 0 aliphatic heterocycles. The predicted molar refractivity (Wildman–Crippen MR) is 106 cm³/mol. The number of ether oxygens (including phenoxy) is 2. The Kier molecular flexibility index (Phi) is 6.14. The summed E-state index contributed by atoms with van der Waals surface area (Å²) in [6.07, 6.45) is 2.97. The molecule has 0 aliphatic rings. The van der Waals surface area contributed by atoms with Crippen molar-refractivity contribution in [2.45, 2.75) is 6.61 Å². The zero-order valence-electron chi connectivity index (χ0n) is 15.2. The summed E-state index contributed by atoms with van der Waals surface area (Å²) in [7, 11) is 1.59. The molecule has 0 saturated carbocycles. The standard InChI is InChI=1S/C20H19N5O3/c1-27-16-10-7-14(8-11-16)9-12-18(26)28-13-17-23-19(21)25-20(24-17)22-15-5-3-2-4-6-15/h2-12H,13H2,1H3,(H3,21,22,23,24,25)/b12-9+. The SMILES string of the molecule is COc1ccc(/C=C/C(=O)OCc2nc(N)nc(Nc3ccccc3)n2)cc1. The molecule has 0 aliphatic carbocycles. The number of nitrogen functional groups attached to an aromatic ring is 1. The van der Waals surface area contributed by atoms with Gasteiger partial charge in [0, 0.05) is 11.8 Å². The molecule has 3 N–H and O–H groups in total. The van der Waals surface area contributed by atoms with Crippen molar-refractivity contribution in [1.29, 1.82) is 0 Å². The quantitative estimate of drug-likeness (QED) is 0.477. The van der Waals surface area contributed by atoms with Crippen molar-refractivity contribution in [3.63, 3.8) is 0 Å². The number of anilines is 3. The minimum atomic E-state index is -0.521. The lowest BCUT2D eigenvalue weighted by Gasteiger charge is -2.07. The number of para-hydroxylation sites is 1. The minimum absolute atomic E-state index is 0.0354. The molecule has 8 heteroatoms. The zero-order chi connectivity index (χ0) is 19.8. The van der Waals surface area contributed by atoms with Crippen LogP contribution in [0.1, 0.15) is 11.4 Å². The lowest BCUT2D eigenvalue weighted by atomic mass is 10.2. The second-order valence-electron chi connectivity index (χ2n) is 5.64. The van der Waals surface area contributed by atoms with Crippen LogP contribution < -0.4 is 15.8 Å². The Hall–Kier alpha value is -3.94. The molecule has 1 heterocycles. The van der Waals surface area contributed by atoms with Gasteiger partial charge in [0.1, 0.15) is 5.75 Å². The van der Waals surface area contributed by atoms with Crippen LogP contribution in [0.5, 0.6) is 5.75 Å². The maximum absolute atomic E-state index is 11.9. The van der Waals surface area contributed by atoms with E-state index in [1.807, 2.05) is 42.5 Å². The van der Waals surface area contributed by atoms with Crippen molar-refractivity contribution in [2.24, 2.45) is 0 Å². The van der Waals surface area contributed by atoms with Crippen LogP contribution in [0.25, 0.3) is 6.08 Å².